The van der Waals surface area contributed by atoms with Crippen molar-refractivity contribution in [3.63, 3.8) is 0 Å². The molecule has 4 nitrogen and oxygen atoms in total. The molecule has 0 aromatic carbocycles. The van der Waals surface area contributed by atoms with E-state index in [1.807, 2.05) is 0 Å². The van der Waals surface area contributed by atoms with E-state index in [0.29, 0.717) is 37.4 Å². The van der Waals surface area contributed by atoms with Crippen molar-refractivity contribution < 1.29 is 19.1 Å². The van der Waals surface area contributed by atoms with E-state index in [4.69, 9.17) is 9.47 Å². The van der Waals surface area contributed by atoms with Gasteiger partial charge in [0, 0.05) is 6.42 Å². The first kappa shape index (κ1) is 35.9. The Balaban J connectivity index is 3.76. The van der Waals surface area contributed by atoms with Crippen molar-refractivity contribution in [1.82, 2.24) is 0 Å². The first-order chi connectivity index (χ1) is 17.8. The van der Waals surface area contributed by atoms with E-state index >= 15 is 0 Å². The summed E-state index contributed by atoms with van der Waals surface area (Å²) in [5, 5.41) is 0. The average molecular weight is 525 g/mol. The number of ether oxygens (including phenoxy) is 2. The summed E-state index contributed by atoms with van der Waals surface area (Å²) in [7, 11) is 0. The van der Waals surface area contributed by atoms with Crippen LogP contribution in [0.4, 0.5) is 0 Å². The van der Waals surface area contributed by atoms with E-state index in [2.05, 4.69) is 41.5 Å². The molecule has 0 aliphatic carbocycles. The summed E-state index contributed by atoms with van der Waals surface area (Å²) in [6.07, 6.45) is 22.4. The maximum absolute atomic E-state index is 12.8. The molecule has 0 amide bonds. The monoisotopic (exact) mass is 524 g/mol. The van der Waals surface area contributed by atoms with Gasteiger partial charge in [0.1, 0.15) is 0 Å². The van der Waals surface area contributed by atoms with Crippen LogP contribution >= 0.6 is 0 Å². The van der Waals surface area contributed by atoms with E-state index in [9.17, 15) is 9.59 Å². The first-order valence-electron chi connectivity index (χ1n) is 16.2. The molecule has 0 fully saturated rings. The Hall–Kier alpha value is -1.06. The van der Waals surface area contributed by atoms with Crippen molar-refractivity contribution in [3.05, 3.63) is 0 Å². The number of unbranched alkanes of at least 4 members (excludes halogenated alkanes) is 14. The van der Waals surface area contributed by atoms with Crippen LogP contribution in [0.3, 0.4) is 0 Å². The quantitative estimate of drug-likeness (QED) is 0.0834. The molecule has 0 rings (SSSR count). The van der Waals surface area contributed by atoms with E-state index in [0.717, 1.165) is 44.9 Å². The highest BCUT2D eigenvalue weighted by molar-refractivity contribution is 5.73. The lowest BCUT2D eigenvalue weighted by Gasteiger charge is -2.31. The minimum Gasteiger partial charge on any atom is -0.466 e. The smallest absolute Gasteiger partial charge is 0.309 e. The molecule has 37 heavy (non-hydrogen) atoms. The average Bonchev–Trinajstić information content (AvgIpc) is 2.85. The minimum atomic E-state index is -0.0181. The lowest BCUT2D eigenvalue weighted by atomic mass is 9.74. The summed E-state index contributed by atoms with van der Waals surface area (Å²) >= 11 is 0. The molecule has 0 N–H and O–H groups in total. The van der Waals surface area contributed by atoms with Crippen LogP contribution < -0.4 is 0 Å². The van der Waals surface area contributed by atoms with Crippen molar-refractivity contribution in [2.24, 2.45) is 23.7 Å². The van der Waals surface area contributed by atoms with Crippen molar-refractivity contribution in [1.29, 1.82) is 0 Å². The molecule has 0 aromatic heterocycles. The maximum Gasteiger partial charge on any atom is 0.309 e. The zero-order chi connectivity index (χ0) is 27.7. The summed E-state index contributed by atoms with van der Waals surface area (Å²) in [5.41, 5.74) is 0. The summed E-state index contributed by atoms with van der Waals surface area (Å²) in [5.74, 6) is 1.32. The number of carbonyl (C=O) groups is 2. The lowest BCUT2D eigenvalue weighted by Crippen LogP contribution is -2.33. The van der Waals surface area contributed by atoms with E-state index in [1.54, 1.807) is 0 Å². The van der Waals surface area contributed by atoms with Crippen LogP contribution in [0.1, 0.15) is 164 Å². The van der Waals surface area contributed by atoms with Gasteiger partial charge in [-0.25, -0.2) is 0 Å². The highest BCUT2D eigenvalue weighted by Crippen LogP contribution is 2.33. The van der Waals surface area contributed by atoms with Gasteiger partial charge in [0.15, 0.2) is 0 Å². The molecule has 0 saturated heterocycles. The SMILES string of the molecule is CCCCOC(=O)CCCCCCCCCCCCCCCC(C(C)C)C(C(=O)OCCCC)C(C)C. The zero-order valence-corrected chi connectivity index (χ0v) is 25.8. The second-order valence-electron chi connectivity index (χ2n) is 11.9. The molecule has 2 atom stereocenters. The second kappa shape index (κ2) is 25.2. The fourth-order valence-corrected chi connectivity index (χ4v) is 5.28. The van der Waals surface area contributed by atoms with Crippen LogP contribution in [-0.4, -0.2) is 25.2 Å². The maximum atomic E-state index is 12.8. The fraction of sp³-hybridized carbons (Fsp3) is 0.939. The Morgan fingerprint density at radius 3 is 1.41 bits per heavy atom. The van der Waals surface area contributed by atoms with Crippen LogP contribution in [0.2, 0.25) is 0 Å². The van der Waals surface area contributed by atoms with Gasteiger partial charge in [-0.15, -0.1) is 0 Å². The third-order valence-corrected chi connectivity index (χ3v) is 7.73. The number of hydrogen-bond acceptors (Lipinski definition) is 4. The molecule has 0 radical (unpaired) electrons. The van der Waals surface area contributed by atoms with E-state index < -0.39 is 0 Å². The van der Waals surface area contributed by atoms with Crippen LogP contribution in [0, 0.1) is 23.7 Å². The Kier molecular flexibility index (Phi) is 24.5. The molecule has 0 bridgehead atoms. The third-order valence-electron chi connectivity index (χ3n) is 7.73. The standard InChI is InChI=1S/C33H64O4/c1-7-9-26-36-31(34)25-23-21-19-17-15-13-11-12-14-16-18-20-22-24-30(28(3)4)32(29(5)6)33(35)37-27-10-8-2/h28-30,32H,7-27H2,1-6H3. The van der Waals surface area contributed by atoms with Crippen LogP contribution in [0.5, 0.6) is 0 Å². The molecule has 4 heteroatoms. The van der Waals surface area contributed by atoms with Gasteiger partial charge in [0.2, 0.25) is 0 Å². The lowest BCUT2D eigenvalue weighted by molar-refractivity contribution is -0.153. The van der Waals surface area contributed by atoms with Gasteiger partial charge in [-0.1, -0.05) is 131 Å². The number of rotatable bonds is 26. The Labute approximate surface area is 231 Å². The van der Waals surface area contributed by atoms with Gasteiger partial charge in [-0.05, 0) is 43.4 Å². The van der Waals surface area contributed by atoms with Gasteiger partial charge < -0.3 is 9.47 Å². The fourth-order valence-electron chi connectivity index (χ4n) is 5.28. The highest BCUT2D eigenvalue weighted by Gasteiger charge is 2.33. The van der Waals surface area contributed by atoms with Crippen molar-refractivity contribution in [3.8, 4) is 0 Å². The molecule has 2 unspecified atom stereocenters. The molecule has 0 aromatic rings. The van der Waals surface area contributed by atoms with Crippen molar-refractivity contribution in [2.45, 2.75) is 164 Å². The van der Waals surface area contributed by atoms with Gasteiger partial charge >= 0.3 is 11.9 Å². The van der Waals surface area contributed by atoms with Gasteiger partial charge in [0.05, 0.1) is 19.1 Å². The number of esters is 2. The van der Waals surface area contributed by atoms with Crippen LogP contribution in [0.25, 0.3) is 0 Å². The normalized spacial score (nSPS) is 13.2. The topological polar surface area (TPSA) is 52.6 Å². The Bertz CT molecular complexity index is 528. The Morgan fingerprint density at radius 1 is 0.541 bits per heavy atom. The molecule has 0 heterocycles. The van der Waals surface area contributed by atoms with E-state index in [1.165, 1.54) is 70.6 Å². The predicted octanol–water partition coefficient (Wildman–Crippen LogP) is 10.1. The van der Waals surface area contributed by atoms with Gasteiger partial charge in [0.25, 0.3) is 0 Å². The molecule has 0 spiro atoms. The summed E-state index contributed by atoms with van der Waals surface area (Å²) in [6.45, 7) is 14.3. The summed E-state index contributed by atoms with van der Waals surface area (Å²) in [4.78, 5) is 24.3. The number of hydrogen-bond donors (Lipinski definition) is 0. The van der Waals surface area contributed by atoms with Crippen molar-refractivity contribution >= 4 is 11.9 Å². The first-order valence-corrected chi connectivity index (χ1v) is 16.2. The predicted molar refractivity (Wildman–Crippen MR) is 158 cm³/mol. The zero-order valence-electron chi connectivity index (χ0n) is 25.8. The second-order valence-corrected chi connectivity index (χ2v) is 11.9. The van der Waals surface area contributed by atoms with Crippen LogP contribution in [-0.2, 0) is 19.1 Å². The van der Waals surface area contributed by atoms with Gasteiger partial charge in [-0.2, -0.15) is 0 Å². The molecule has 0 aliphatic rings. The molecule has 0 aliphatic heterocycles. The highest BCUT2D eigenvalue weighted by atomic mass is 16.5. The molecular formula is C33H64O4. The third kappa shape index (κ3) is 20.6. The van der Waals surface area contributed by atoms with Gasteiger partial charge in [-0.3, -0.25) is 9.59 Å². The minimum absolute atomic E-state index is 0.0181. The Morgan fingerprint density at radius 2 is 0.973 bits per heavy atom. The molecular weight excluding hydrogens is 460 g/mol. The van der Waals surface area contributed by atoms with Crippen LogP contribution in [0.15, 0.2) is 0 Å². The summed E-state index contributed by atoms with van der Waals surface area (Å²) < 4.78 is 10.8. The van der Waals surface area contributed by atoms with Crippen molar-refractivity contribution in [2.75, 3.05) is 13.2 Å². The largest absolute Gasteiger partial charge is 0.466 e. The molecule has 0 saturated carbocycles. The summed E-state index contributed by atoms with van der Waals surface area (Å²) in [6, 6.07) is 0. The van der Waals surface area contributed by atoms with E-state index in [-0.39, 0.29) is 17.9 Å². The number of carbonyl (C=O) groups excluding carboxylic acids is 2. The molecule has 220 valence electrons.